The molecule has 0 aliphatic carbocycles. The van der Waals surface area contributed by atoms with Crippen molar-refractivity contribution in [1.82, 2.24) is 36.1 Å². The average molecular weight is 1370 g/mol. The molecule has 20 nitrogen and oxygen atoms in total. The Kier molecular flexibility index (Phi) is 19.8. The van der Waals surface area contributed by atoms with Crippen molar-refractivity contribution < 1.29 is 52.5 Å². The number of rotatable bonds is 22. The number of allylic oxidation sites excluding steroid dienone is 1. The number of β-lactam (4-membered cyclic amide) rings is 1. The molecule has 1 unspecified atom stereocenters. The van der Waals surface area contributed by atoms with E-state index in [0.29, 0.717) is 38.4 Å². The van der Waals surface area contributed by atoms with Gasteiger partial charge >= 0.3 is 24.0 Å². The maximum atomic E-state index is 15.4. The first-order valence-corrected chi connectivity index (χ1v) is 34.4. The third kappa shape index (κ3) is 14.4. The van der Waals surface area contributed by atoms with Crippen molar-refractivity contribution in [1.29, 1.82) is 0 Å². The standard InChI is InChI=1S/C76H63N9O11S3/c1-47-41-63(85-62(77-47)43-83(82-85)75(92)96-68(52-29-15-6-16-30-52)53-31-17-7-18-32-53)97-44-55-45-98-72-65(71(90)84(72)66(55)73(91)95-67(50-25-11-4-12-26-50)51-27-13-5-14-28-51)80-70(89)64(79-69(88)54-39-40-60(93-48(2)86)61(42-54)94-49(3)87)59-46-99-74(78-59)81-76(56-33-19-8-20-34-56,57-35-21-9-22-36-57)58-37-23-10-24-38-58/h4-43,46,64-65,67-68,72,82H,44-45H2,1-3H3,(H,78,81)(H,79,88)(H,80,89)/t64?,65-,72-/m1/s1. The summed E-state index contributed by atoms with van der Waals surface area (Å²) in [7, 11) is 0. The number of amides is 4. The molecule has 4 aliphatic heterocycles. The van der Waals surface area contributed by atoms with Crippen LogP contribution in [0.5, 0.6) is 11.5 Å². The second-order valence-corrected chi connectivity index (χ2v) is 26.1. The van der Waals surface area contributed by atoms with E-state index in [9.17, 15) is 19.2 Å². The summed E-state index contributed by atoms with van der Waals surface area (Å²) in [5.74, 6) is -4.16. The minimum atomic E-state index is -1.59. The summed E-state index contributed by atoms with van der Waals surface area (Å²) < 4.78 is 23.4. The molecular formula is C76H63N9O11S3. The van der Waals surface area contributed by atoms with Gasteiger partial charge in [0, 0.05) is 42.0 Å². The van der Waals surface area contributed by atoms with Gasteiger partial charge < -0.3 is 34.9 Å². The van der Waals surface area contributed by atoms with Crippen LogP contribution in [0, 0.1) is 0 Å². The van der Waals surface area contributed by atoms with Gasteiger partial charge in [-0.3, -0.25) is 28.9 Å². The van der Waals surface area contributed by atoms with E-state index < -0.39 is 76.9 Å². The molecule has 5 heterocycles. The highest BCUT2D eigenvalue weighted by Gasteiger charge is 2.55. The Morgan fingerprint density at radius 1 is 0.657 bits per heavy atom. The van der Waals surface area contributed by atoms with Gasteiger partial charge in [-0.25, -0.2) is 24.6 Å². The second-order valence-electron chi connectivity index (χ2n) is 23.2. The number of fused-ring (bicyclic) bond motifs is 2. The van der Waals surface area contributed by atoms with Gasteiger partial charge in [-0.05, 0) is 75.7 Å². The highest BCUT2D eigenvalue weighted by molar-refractivity contribution is 8.03. The Morgan fingerprint density at radius 2 is 1.16 bits per heavy atom. The van der Waals surface area contributed by atoms with Crippen LogP contribution in [-0.2, 0) is 39.0 Å². The van der Waals surface area contributed by atoms with Gasteiger partial charge in [0.25, 0.3) is 11.8 Å². The summed E-state index contributed by atoms with van der Waals surface area (Å²) in [6.45, 7) is 4.14. The lowest BCUT2D eigenvalue weighted by Gasteiger charge is -2.50. The molecule has 1 saturated heterocycles. The van der Waals surface area contributed by atoms with Crippen LogP contribution in [-0.4, -0.2) is 90.3 Å². The van der Waals surface area contributed by atoms with E-state index in [2.05, 4.69) is 21.5 Å². The minimum absolute atomic E-state index is 0.0109. The third-order valence-electron chi connectivity index (χ3n) is 16.5. The molecule has 496 valence electrons. The van der Waals surface area contributed by atoms with Crippen molar-refractivity contribution in [2.45, 2.75) is 56.0 Å². The number of thioether (sulfide) groups is 2. The van der Waals surface area contributed by atoms with E-state index in [0.717, 1.165) is 34.7 Å². The second kappa shape index (κ2) is 29.5. The molecule has 23 heteroatoms. The summed E-state index contributed by atoms with van der Waals surface area (Å²) >= 11 is 3.84. The van der Waals surface area contributed by atoms with Gasteiger partial charge in [0.2, 0.25) is 5.91 Å². The molecule has 8 aromatic carbocycles. The zero-order valence-electron chi connectivity index (χ0n) is 53.4. The Bertz CT molecular complexity index is 4470. The zero-order valence-corrected chi connectivity index (χ0v) is 55.9. The first-order valence-electron chi connectivity index (χ1n) is 31.5. The molecule has 0 spiro atoms. The highest BCUT2D eigenvalue weighted by atomic mass is 32.2. The molecule has 4 aliphatic rings. The number of hydrazine groups is 2. The van der Waals surface area contributed by atoms with Crippen LogP contribution < -0.4 is 31.0 Å². The quantitative estimate of drug-likeness (QED) is 0.0213. The van der Waals surface area contributed by atoms with Gasteiger partial charge in [0.1, 0.15) is 22.7 Å². The number of nitrogens with zero attached hydrogens (tertiary/aromatic N) is 5. The number of hydrogen-bond acceptors (Lipinski definition) is 19. The van der Waals surface area contributed by atoms with Crippen molar-refractivity contribution in [3.05, 3.63) is 320 Å². The van der Waals surface area contributed by atoms with Crippen molar-refractivity contribution in [3.63, 3.8) is 0 Å². The molecule has 13 rings (SSSR count). The monoisotopic (exact) mass is 1370 g/mol. The maximum Gasteiger partial charge on any atom is 0.431 e. The molecule has 1 fully saturated rings. The fourth-order valence-corrected chi connectivity index (χ4v) is 15.3. The number of carbonyl (C=O) groups excluding carboxylic acids is 7. The maximum absolute atomic E-state index is 15.4. The summed E-state index contributed by atoms with van der Waals surface area (Å²) in [6.07, 6.45) is 1.04. The van der Waals surface area contributed by atoms with Crippen LogP contribution in [0.3, 0.4) is 0 Å². The lowest BCUT2D eigenvalue weighted by atomic mass is 9.77. The van der Waals surface area contributed by atoms with E-state index in [1.165, 1.54) is 76.1 Å². The largest absolute Gasteiger partial charge is 0.448 e. The van der Waals surface area contributed by atoms with E-state index >= 15 is 14.4 Å². The lowest BCUT2D eigenvalue weighted by Crippen LogP contribution is -2.71. The molecule has 99 heavy (non-hydrogen) atoms. The fraction of sp³-hybridized carbons (Fsp3) is 0.145. The van der Waals surface area contributed by atoms with Gasteiger partial charge in [-0.1, -0.05) is 212 Å². The van der Waals surface area contributed by atoms with Gasteiger partial charge in [0.15, 0.2) is 40.7 Å². The van der Waals surface area contributed by atoms with Gasteiger partial charge in [-0.15, -0.1) is 40.4 Å². The van der Waals surface area contributed by atoms with Crippen LogP contribution in [0.2, 0.25) is 0 Å². The molecule has 0 bridgehead atoms. The first-order chi connectivity index (χ1) is 48.2. The van der Waals surface area contributed by atoms with Gasteiger partial charge in [-0.2, -0.15) is 5.01 Å². The van der Waals surface area contributed by atoms with Crippen molar-refractivity contribution >= 4 is 87.4 Å². The normalized spacial score (nSPS) is 15.9. The van der Waals surface area contributed by atoms with Crippen LogP contribution >= 0.6 is 34.9 Å². The number of aliphatic imine (C=N–C) groups is 1. The summed E-state index contributed by atoms with van der Waals surface area (Å²) in [5, 5.41) is 14.1. The topological polar surface area (TPSA) is 239 Å². The number of esters is 3. The van der Waals surface area contributed by atoms with Crippen molar-refractivity contribution in [3.8, 4) is 11.5 Å². The molecule has 0 saturated carbocycles. The number of anilines is 1. The van der Waals surface area contributed by atoms with Crippen LogP contribution in [0.25, 0.3) is 0 Å². The third-order valence-corrected chi connectivity index (χ3v) is 19.7. The smallest absolute Gasteiger partial charge is 0.431 e. The first kappa shape index (κ1) is 66.3. The minimum Gasteiger partial charge on any atom is -0.448 e. The molecular weight excluding hydrogens is 1310 g/mol. The number of carbonyl (C=O) groups is 7. The lowest BCUT2D eigenvalue weighted by molar-refractivity contribution is -0.154. The van der Waals surface area contributed by atoms with Crippen molar-refractivity contribution in [2.24, 2.45) is 4.99 Å². The molecule has 0 radical (unpaired) electrons. The predicted octanol–water partition coefficient (Wildman–Crippen LogP) is 12.7. The van der Waals surface area contributed by atoms with E-state index in [-0.39, 0.29) is 40.0 Å². The Labute approximate surface area is 582 Å². The fourth-order valence-electron chi connectivity index (χ4n) is 12.0. The number of thiazole rings is 1. The average Bonchev–Trinajstić information content (AvgIpc) is 0.984. The predicted molar refractivity (Wildman–Crippen MR) is 377 cm³/mol. The summed E-state index contributed by atoms with van der Waals surface area (Å²) in [4.78, 5) is 110. The summed E-state index contributed by atoms with van der Waals surface area (Å²) in [5.41, 5.74) is 8.79. The summed E-state index contributed by atoms with van der Waals surface area (Å²) in [6, 6.07) is 67.9. The molecule has 4 N–H and O–H groups in total. The number of nitrogens with one attached hydrogen (secondary N) is 4. The van der Waals surface area contributed by atoms with Gasteiger partial charge in [0.05, 0.1) is 16.9 Å². The molecule has 3 atom stereocenters. The Balaban J connectivity index is 0.809. The Morgan fingerprint density at radius 3 is 1.69 bits per heavy atom. The Hall–Kier alpha value is -11.4. The molecule has 9 aromatic rings. The van der Waals surface area contributed by atoms with Crippen LogP contribution in [0.1, 0.15) is 94.0 Å². The number of aromatic nitrogens is 1. The number of ether oxygens (including phenoxy) is 4. The van der Waals surface area contributed by atoms with E-state index in [4.69, 9.17) is 28.9 Å². The zero-order chi connectivity index (χ0) is 68.6. The number of benzene rings is 8. The molecule has 4 amide bonds. The van der Waals surface area contributed by atoms with E-state index in [1.807, 2.05) is 225 Å². The van der Waals surface area contributed by atoms with Crippen LogP contribution in [0.4, 0.5) is 9.93 Å². The van der Waals surface area contributed by atoms with E-state index in [1.54, 1.807) is 10.4 Å². The van der Waals surface area contributed by atoms with Crippen LogP contribution in [0.15, 0.2) is 275 Å². The van der Waals surface area contributed by atoms with Crippen molar-refractivity contribution in [2.75, 3.05) is 16.8 Å². The highest BCUT2D eigenvalue weighted by Crippen LogP contribution is 2.46. The SMILES string of the molecule is CC(=O)Oc1ccc(C(=O)NC(C(=O)N[C@@H]2C(=O)N3C(C(=O)OC(c4ccccc4)c4ccccc4)=C(CSC4=CC(C)=NC5=CN(C(=O)OC(c6ccccc6)c6ccccc6)NN54)CS[C@H]23)c2csc(NC(c3ccccc3)(c3ccccc3)c3ccccc3)n2)cc1OC(C)=O. The molecule has 1 aromatic heterocycles. The number of hydrogen-bond donors (Lipinski definition) is 4.